The van der Waals surface area contributed by atoms with Crippen LogP contribution in [0.2, 0.25) is 5.02 Å². The first-order valence-corrected chi connectivity index (χ1v) is 9.51. The zero-order valence-electron chi connectivity index (χ0n) is 14.3. The summed E-state index contributed by atoms with van der Waals surface area (Å²) in [5, 5.41) is 7.17. The number of amides is 1. The van der Waals surface area contributed by atoms with Gasteiger partial charge in [0, 0.05) is 18.1 Å². The predicted octanol–water partition coefficient (Wildman–Crippen LogP) is 2.67. The molecule has 0 atom stereocenters. The summed E-state index contributed by atoms with van der Waals surface area (Å²) in [6, 6.07) is 8.07. The fourth-order valence-corrected chi connectivity index (χ4v) is 3.44. The molecule has 1 aliphatic carbocycles. The molecule has 3 rings (SSSR count). The molecule has 1 saturated heterocycles. The van der Waals surface area contributed by atoms with Gasteiger partial charge in [-0.1, -0.05) is 29.8 Å². The van der Waals surface area contributed by atoms with E-state index >= 15 is 0 Å². The summed E-state index contributed by atoms with van der Waals surface area (Å²) in [6.07, 6.45) is 4.92. The molecule has 1 aromatic carbocycles. The van der Waals surface area contributed by atoms with E-state index in [-0.39, 0.29) is 5.91 Å². The SMILES string of the molecule is O=C(CNCC1CC1)NCC1CCN(Cc2ccccc2Cl)CC1. The van der Waals surface area contributed by atoms with Crippen LogP contribution in [0.4, 0.5) is 0 Å². The Kier molecular flexibility index (Phi) is 6.52. The van der Waals surface area contributed by atoms with Crippen molar-refractivity contribution in [2.24, 2.45) is 11.8 Å². The summed E-state index contributed by atoms with van der Waals surface area (Å²) >= 11 is 6.24. The smallest absolute Gasteiger partial charge is 0.233 e. The Labute approximate surface area is 149 Å². The third-order valence-electron chi connectivity index (χ3n) is 5.06. The van der Waals surface area contributed by atoms with Gasteiger partial charge in [-0.15, -0.1) is 0 Å². The molecule has 1 amide bonds. The Bertz CT molecular complexity index is 539. The van der Waals surface area contributed by atoms with E-state index in [9.17, 15) is 4.79 Å². The summed E-state index contributed by atoms with van der Waals surface area (Å²) in [4.78, 5) is 14.3. The van der Waals surface area contributed by atoms with Gasteiger partial charge in [-0.05, 0) is 68.8 Å². The number of hydrogen-bond acceptors (Lipinski definition) is 3. The summed E-state index contributed by atoms with van der Waals surface area (Å²) in [7, 11) is 0. The molecule has 2 aliphatic rings. The van der Waals surface area contributed by atoms with Crippen LogP contribution in [-0.2, 0) is 11.3 Å². The number of halogens is 1. The molecule has 1 saturated carbocycles. The van der Waals surface area contributed by atoms with Crippen LogP contribution in [0, 0.1) is 11.8 Å². The van der Waals surface area contributed by atoms with Crippen LogP contribution in [0.5, 0.6) is 0 Å². The van der Waals surface area contributed by atoms with Gasteiger partial charge in [0.1, 0.15) is 0 Å². The Hall–Kier alpha value is -1.10. The van der Waals surface area contributed by atoms with Crippen molar-refractivity contribution in [3.05, 3.63) is 34.9 Å². The average Bonchev–Trinajstić information content (AvgIpc) is 3.41. The highest BCUT2D eigenvalue weighted by Crippen LogP contribution is 2.27. The van der Waals surface area contributed by atoms with Crippen LogP contribution in [0.1, 0.15) is 31.2 Å². The summed E-state index contributed by atoms with van der Waals surface area (Å²) in [6.45, 7) is 5.33. The van der Waals surface area contributed by atoms with Gasteiger partial charge in [-0.3, -0.25) is 9.69 Å². The molecule has 2 N–H and O–H groups in total. The molecular formula is C19H28ClN3O. The van der Waals surface area contributed by atoms with Crippen LogP contribution >= 0.6 is 11.6 Å². The van der Waals surface area contributed by atoms with E-state index in [2.05, 4.69) is 21.6 Å². The first kappa shape index (κ1) is 17.7. The van der Waals surface area contributed by atoms with Crippen LogP contribution in [0.25, 0.3) is 0 Å². The lowest BCUT2D eigenvalue weighted by molar-refractivity contribution is -0.120. The van der Waals surface area contributed by atoms with Crippen LogP contribution in [0.3, 0.4) is 0 Å². The number of hydrogen-bond donors (Lipinski definition) is 2. The lowest BCUT2D eigenvalue weighted by atomic mass is 9.96. The van der Waals surface area contributed by atoms with Crippen LogP contribution in [0.15, 0.2) is 24.3 Å². The second-order valence-electron chi connectivity index (χ2n) is 7.19. The van der Waals surface area contributed by atoms with Gasteiger partial charge in [0.15, 0.2) is 0 Å². The van der Waals surface area contributed by atoms with E-state index in [4.69, 9.17) is 11.6 Å². The summed E-state index contributed by atoms with van der Waals surface area (Å²) < 4.78 is 0. The highest BCUT2D eigenvalue weighted by molar-refractivity contribution is 6.31. The number of likely N-dealkylation sites (tertiary alicyclic amines) is 1. The molecule has 0 radical (unpaired) electrons. The topological polar surface area (TPSA) is 44.4 Å². The van der Waals surface area contributed by atoms with Crippen LogP contribution in [-0.4, -0.2) is 43.5 Å². The standard InChI is InChI=1S/C19H28ClN3O/c20-18-4-2-1-3-17(18)14-23-9-7-16(8-10-23)12-22-19(24)13-21-11-15-5-6-15/h1-4,15-16,21H,5-14H2,(H,22,24). The molecule has 5 heteroatoms. The lowest BCUT2D eigenvalue weighted by Gasteiger charge is -2.32. The molecule has 1 heterocycles. The Morgan fingerprint density at radius 3 is 2.50 bits per heavy atom. The van der Waals surface area contributed by atoms with Crippen molar-refractivity contribution in [2.45, 2.75) is 32.2 Å². The van der Waals surface area contributed by atoms with Crippen molar-refractivity contribution in [2.75, 3.05) is 32.7 Å². The monoisotopic (exact) mass is 349 g/mol. The number of carbonyl (C=O) groups is 1. The molecule has 24 heavy (non-hydrogen) atoms. The molecule has 4 nitrogen and oxygen atoms in total. The number of carbonyl (C=O) groups excluding carboxylic acids is 1. The van der Waals surface area contributed by atoms with Crippen molar-refractivity contribution >= 4 is 17.5 Å². The van der Waals surface area contributed by atoms with Crippen molar-refractivity contribution in [1.82, 2.24) is 15.5 Å². The Morgan fingerprint density at radius 2 is 1.79 bits per heavy atom. The molecule has 2 fully saturated rings. The normalized spacial score (nSPS) is 19.4. The molecule has 0 spiro atoms. The third-order valence-corrected chi connectivity index (χ3v) is 5.43. The predicted molar refractivity (Wildman–Crippen MR) is 98.1 cm³/mol. The molecule has 0 aromatic heterocycles. The molecule has 0 unspecified atom stereocenters. The van der Waals surface area contributed by atoms with Crippen molar-refractivity contribution in [1.29, 1.82) is 0 Å². The summed E-state index contributed by atoms with van der Waals surface area (Å²) in [5.41, 5.74) is 1.20. The van der Waals surface area contributed by atoms with E-state index in [0.29, 0.717) is 12.5 Å². The molecule has 1 aromatic rings. The van der Waals surface area contributed by atoms with Gasteiger partial charge in [-0.2, -0.15) is 0 Å². The van der Waals surface area contributed by atoms with Gasteiger partial charge in [-0.25, -0.2) is 0 Å². The highest BCUT2D eigenvalue weighted by Gasteiger charge is 2.22. The number of piperidine rings is 1. The number of nitrogens with one attached hydrogen (secondary N) is 2. The minimum absolute atomic E-state index is 0.133. The molecular weight excluding hydrogens is 322 g/mol. The lowest BCUT2D eigenvalue weighted by Crippen LogP contribution is -2.41. The maximum Gasteiger partial charge on any atom is 0.233 e. The minimum Gasteiger partial charge on any atom is -0.355 e. The van der Waals surface area contributed by atoms with Gasteiger partial charge in [0.25, 0.3) is 0 Å². The van der Waals surface area contributed by atoms with E-state index in [1.165, 1.54) is 18.4 Å². The third kappa shape index (κ3) is 5.76. The number of benzene rings is 1. The van der Waals surface area contributed by atoms with Crippen LogP contribution < -0.4 is 10.6 Å². The van der Waals surface area contributed by atoms with Crippen molar-refractivity contribution < 1.29 is 4.79 Å². The second kappa shape index (κ2) is 8.84. The maximum absolute atomic E-state index is 11.8. The largest absolute Gasteiger partial charge is 0.355 e. The van der Waals surface area contributed by atoms with Gasteiger partial charge >= 0.3 is 0 Å². The van der Waals surface area contributed by atoms with Gasteiger partial charge < -0.3 is 10.6 Å². The Balaban J connectivity index is 1.30. The molecule has 132 valence electrons. The van der Waals surface area contributed by atoms with Gasteiger partial charge in [0.05, 0.1) is 6.54 Å². The number of nitrogens with zero attached hydrogens (tertiary/aromatic N) is 1. The van der Waals surface area contributed by atoms with Crippen molar-refractivity contribution in [3.63, 3.8) is 0 Å². The fourth-order valence-electron chi connectivity index (χ4n) is 3.25. The summed E-state index contributed by atoms with van der Waals surface area (Å²) in [5.74, 6) is 1.55. The quantitative estimate of drug-likeness (QED) is 0.758. The first-order chi connectivity index (χ1) is 11.7. The van der Waals surface area contributed by atoms with E-state index in [1.54, 1.807) is 0 Å². The number of rotatable bonds is 8. The van der Waals surface area contributed by atoms with E-state index < -0.39 is 0 Å². The zero-order chi connectivity index (χ0) is 16.8. The average molecular weight is 350 g/mol. The van der Waals surface area contributed by atoms with Crippen molar-refractivity contribution in [3.8, 4) is 0 Å². The Morgan fingerprint density at radius 1 is 1.08 bits per heavy atom. The van der Waals surface area contributed by atoms with E-state index in [1.807, 2.05) is 18.2 Å². The second-order valence-corrected chi connectivity index (χ2v) is 7.60. The zero-order valence-corrected chi connectivity index (χ0v) is 15.0. The molecule has 0 bridgehead atoms. The highest BCUT2D eigenvalue weighted by atomic mass is 35.5. The minimum atomic E-state index is 0.133. The molecule has 1 aliphatic heterocycles. The first-order valence-electron chi connectivity index (χ1n) is 9.14. The van der Waals surface area contributed by atoms with E-state index in [0.717, 1.165) is 56.5 Å². The maximum atomic E-state index is 11.8. The fraction of sp³-hybridized carbons (Fsp3) is 0.632. The van der Waals surface area contributed by atoms with Gasteiger partial charge in [0.2, 0.25) is 5.91 Å².